The van der Waals surface area contributed by atoms with E-state index in [9.17, 15) is 18.4 Å². The number of rotatable bonds is 8. The predicted molar refractivity (Wildman–Crippen MR) is 105 cm³/mol. The molecule has 0 aromatic heterocycles. The van der Waals surface area contributed by atoms with Crippen LogP contribution in [0.15, 0.2) is 42.5 Å². The first-order valence-electron chi connectivity index (χ1n) is 9.38. The van der Waals surface area contributed by atoms with Gasteiger partial charge >= 0.3 is 6.61 Å². The largest absolute Gasteiger partial charge is 0.493 e. The van der Waals surface area contributed by atoms with Crippen LogP contribution in [0.4, 0.5) is 14.5 Å². The number of carbonyl (C=O) groups excluding carboxylic acids is 2. The fraction of sp³-hybridized carbons (Fsp3) is 0.333. The number of hydrogen-bond acceptors (Lipinski definition) is 5. The minimum Gasteiger partial charge on any atom is -0.493 e. The van der Waals surface area contributed by atoms with Gasteiger partial charge in [0.2, 0.25) is 11.8 Å². The molecule has 2 aromatic rings. The maximum atomic E-state index is 12.5. The van der Waals surface area contributed by atoms with E-state index >= 15 is 0 Å². The van der Waals surface area contributed by atoms with Crippen molar-refractivity contribution in [1.82, 2.24) is 5.32 Å². The minimum absolute atomic E-state index is 0.0298. The van der Waals surface area contributed by atoms with E-state index in [-0.39, 0.29) is 42.7 Å². The summed E-state index contributed by atoms with van der Waals surface area (Å²) in [7, 11) is 1.34. The minimum atomic E-state index is -2.96. The molecule has 160 valence electrons. The first kappa shape index (κ1) is 21.4. The lowest BCUT2D eigenvalue weighted by Crippen LogP contribution is -2.38. The highest BCUT2D eigenvalue weighted by atomic mass is 19.3. The molecule has 9 heteroatoms. The third kappa shape index (κ3) is 5.37. The number of anilines is 1. The Morgan fingerprint density at radius 1 is 1.17 bits per heavy atom. The topological polar surface area (TPSA) is 77.1 Å². The van der Waals surface area contributed by atoms with Gasteiger partial charge in [-0.3, -0.25) is 9.59 Å². The number of hydrogen-bond donors (Lipinski definition) is 1. The van der Waals surface area contributed by atoms with Crippen LogP contribution in [0.1, 0.15) is 18.4 Å². The Hall–Kier alpha value is -3.36. The van der Waals surface area contributed by atoms with Crippen molar-refractivity contribution in [2.45, 2.75) is 26.0 Å². The Bertz CT molecular complexity index is 907. The maximum absolute atomic E-state index is 12.5. The highest BCUT2D eigenvalue weighted by Gasteiger charge is 2.23. The van der Waals surface area contributed by atoms with E-state index in [1.807, 2.05) is 12.1 Å². The molecule has 1 aliphatic rings. The second-order valence-electron chi connectivity index (χ2n) is 6.50. The Morgan fingerprint density at radius 3 is 2.73 bits per heavy atom. The van der Waals surface area contributed by atoms with E-state index in [1.165, 1.54) is 19.2 Å². The monoisotopic (exact) mass is 420 g/mol. The van der Waals surface area contributed by atoms with Crippen molar-refractivity contribution in [3.05, 3.63) is 48.0 Å². The normalized spacial score (nSPS) is 12.7. The highest BCUT2D eigenvalue weighted by molar-refractivity contribution is 5.97. The Balaban J connectivity index is 1.50. The van der Waals surface area contributed by atoms with Gasteiger partial charge in [-0.25, -0.2) is 0 Å². The molecule has 0 atom stereocenters. The average Bonchev–Trinajstić information content (AvgIpc) is 2.75. The number of halogens is 2. The van der Waals surface area contributed by atoms with Crippen LogP contribution in [-0.4, -0.2) is 38.7 Å². The van der Waals surface area contributed by atoms with Gasteiger partial charge in [-0.05, 0) is 29.8 Å². The van der Waals surface area contributed by atoms with Gasteiger partial charge in [-0.1, -0.05) is 18.2 Å². The number of fused-ring (bicyclic) bond motifs is 1. The number of nitrogens with zero attached hydrogens (tertiary/aromatic N) is 1. The molecular weight excluding hydrogens is 398 g/mol. The first-order valence-corrected chi connectivity index (χ1v) is 9.38. The number of alkyl halides is 2. The van der Waals surface area contributed by atoms with Crippen molar-refractivity contribution in [3.63, 3.8) is 0 Å². The molecule has 0 spiro atoms. The summed E-state index contributed by atoms with van der Waals surface area (Å²) < 4.78 is 39.7. The molecule has 0 unspecified atom stereocenters. The summed E-state index contributed by atoms with van der Waals surface area (Å²) in [5.74, 6) is 0.254. The third-order valence-corrected chi connectivity index (χ3v) is 4.53. The van der Waals surface area contributed by atoms with Crippen LogP contribution >= 0.6 is 0 Å². The standard InChI is InChI=1S/C21H22F2N2O5/c1-28-18-12-14(6-7-17(18)30-21(22)23)13-24-19(26)8-9-20(27)25-10-11-29-16-5-3-2-4-15(16)25/h2-7,12,21H,8-11,13H2,1H3,(H,24,26). The molecule has 2 aromatic carbocycles. The summed E-state index contributed by atoms with van der Waals surface area (Å²) in [6.45, 7) is -1.95. The smallest absolute Gasteiger partial charge is 0.387 e. The highest BCUT2D eigenvalue weighted by Crippen LogP contribution is 2.31. The zero-order valence-corrected chi connectivity index (χ0v) is 16.4. The first-order chi connectivity index (χ1) is 14.5. The lowest BCUT2D eigenvalue weighted by Gasteiger charge is -2.29. The zero-order valence-electron chi connectivity index (χ0n) is 16.4. The lowest BCUT2D eigenvalue weighted by atomic mass is 10.2. The molecule has 7 nitrogen and oxygen atoms in total. The molecule has 1 aliphatic heterocycles. The van der Waals surface area contributed by atoms with Crippen LogP contribution in [0, 0.1) is 0 Å². The molecule has 0 saturated carbocycles. The molecule has 1 heterocycles. The van der Waals surface area contributed by atoms with Crippen molar-refractivity contribution in [2.75, 3.05) is 25.2 Å². The Kier molecular flexibility index (Phi) is 7.05. The van der Waals surface area contributed by atoms with E-state index in [4.69, 9.17) is 9.47 Å². The molecular formula is C21H22F2N2O5. The van der Waals surface area contributed by atoms with Crippen molar-refractivity contribution in [1.29, 1.82) is 0 Å². The summed E-state index contributed by atoms with van der Waals surface area (Å²) in [5, 5.41) is 2.71. The Morgan fingerprint density at radius 2 is 1.97 bits per heavy atom. The van der Waals surface area contributed by atoms with Crippen molar-refractivity contribution in [2.24, 2.45) is 0 Å². The van der Waals surface area contributed by atoms with Crippen LogP contribution in [0.5, 0.6) is 17.2 Å². The molecule has 0 fully saturated rings. The maximum Gasteiger partial charge on any atom is 0.387 e. The summed E-state index contributed by atoms with van der Waals surface area (Å²) in [6.07, 6.45) is 0.0900. The molecule has 0 aliphatic carbocycles. The van der Waals surface area contributed by atoms with E-state index < -0.39 is 6.61 Å². The van der Waals surface area contributed by atoms with Crippen molar-refractivity contribution >= 4 is 17.5 Å². The van der Waals surface area contributed by atoms with Crippen molar-refractivity contribution < 1.29 is 32.6 Å². The third-order valence-electron chi connectivity index (χ3n) is 4.53. The van der Waals surface area contributed by atoms with E-state index in [2.05, 4.69) is 10.1 Å². The molecule has 0 bridgehead atoms. The molecule has 0 radical (unpaired) electrons. The van der Waals surface area contributed by atoms with Gasteiger partial charge in [0.05, 0.1) is 19.3 Å². The zero-order chi connectivity index (χ0) is 21.5. The van der Waals surface area contributed by atoms with E-state index in [0.717, 1.165) is 0 Å². The summed E-state index contributed by atoms with van der Waals surface area (Å²) >= 11 is 0. The lowest BCUT2D eigenvalue weighted by molar-refractivity contribution is -0.125. The predicted octanol–water partition coefficient (Wildman–Crippen LogP) is 3.12. The SMILES string of the molecule is COc1cc(CNC(=O)CCC(=O)N2CCOc3ccccc32)ccc1OC(F)F. The number of nitrogens with one attached hydrogen (secondary N) is 1. The molecule has 30 heavy (non-hydrogen) atoms. The van der Waals surface area contributed by atoms with Crippen LogP contribution < -0.4 is 24.4 Å². The Labute approximate surface area is 172 Å². The van der Waals surface area contributed by atoms with Gasteiger partial charge in [0.15, 0.2) is 11.5 Å². The van der Waals surface area contributed by atoms with Gasteiger partial charge in [-0.2, -0.15) is 8.78 Å². The number of carbonyl (C=O) groups is 2. The quantitative estimate of drug-likeness (QED) is 0.710. The number of methoxy groups -OCH3 is 1. The second-order valence-corrected chi connectivity index (χ2v) is 6.50. The van der Waals surface area contributed by atoms with E-state index in [0.29, 0.717) is 30.2 Å². The fourth-order valence-corrected chi connectivity index (χ4v) is 3.09. The molecule has 3 rings (SSSR count). The van der Waals surface area contributed by atoms with Gasteiger partial charge in [0.25, 0.3) is 0 Å². The number of benzene rings is 2. The number of para-hydroxylation sites is 2. The summed E-state index contributed by atoms with van der Waals surface area (Å²) in [4.78, 5) is 26.3. The molecule has 2 amide bonds. The average molecular weight is 420 g/mol. The van der Waals surface area contributed by atoms with Crippen LogP contribution in [0.25, 0.3) is 0 Å². The van der Waals surface area contributed by atoms with Gasteiger partial charge < -0.3 is 24.4 Å². The van der Waals surface area contributed by atoms with E-state index in [1.54, 1.807) is 23.1 Å². The fourth-order valence-electron chi connectivity index (χ4n) is 3.09. The molecule has 1 N–H and O–H groups in total. The van der Waals surface area contributed by atoms with Crippen LogP contribution in [0.2, 0.25) is 0 Å². The number of amides is 2. The van der Waals surface area contributed by atoms with Crippen LogP contribution in [0.3, 0.4) is 0 Å². The van der Waals surface area contributed by atoms with Gasteiger partial charge in [0.1, 0.15) is 12.4 Å². The van der Waals surface area contributed by atoms with Gasteiger partial charge in [-0.15, -0.1) is 0 Å². The van der Waals surface area contributed by atoms with Gasteiger partial charge in [0, 0.05) is 19.4 Å². The van der Waals surface area contributed by atoms with Crippen LogP contribution in [-0.2, 0) is 16.1 Å². The molecule has 0 saturated heterocycles. The summed E-state index contributed by atoms with van der Waals surface area (Å²) in [6, 6.07) is 11.7. The summed E-state index contributed by atoms with van der Waals surface area (Å²) in [5.41, 5.74) is 1.35. The number of ether oxygens (including phenoxy) is 3. The van der Waals surface area contributed by atoms with Crippen molar-refractivity contribution in [3.8, 4) is 17.2 Å². The second kappa shape index (κ2) is 9.91.